The molecular formula is C14H27NO3S2. The van der Waals surface area contributed by atoms with Crippen LogP contribution in [0.2, 0.25) is 0 Å². The molecule has 1 aliphatic heterocycles. The van der Waals surface area contributed by atoms with Crippen LogP contribution >= 0.6 is 10.8 Å². The lowest BCUT2D eigenvalue weighted by Crippen LogP contribution is -2.53. The predicted molar refractivity (Wildman–Crippen MR) is 85.6 cm³/mol. The van der Waals surface area contributed by atoms with Gasteiger partial charge in [0.2, 0.25) is 0 Å². The molecule has 20 heavy (non-hydrogen) atoms. The molecule has 1 N–H and O–H groups in total. The predicted octanol–water partition coefficient (Wildman–Crippen LogP) is 3.43. The molecule has 0 saturated carbocycles. The van der Waals surface area contributed by atoms with Gasteiger partial charge in [-0.05, 0) is 42.1 Å². The van der Waals surface area contributed by atoms with Crippen LogP contribution in [0.4, 0.5) is 0 Å². The second kappa shape index (κ2) is 6.38. The van der Waals surface area contributed by atoms with E-state index in [2.05, 4.69) is 19.9 Å². The molecule has 0 amide bonds. The Morgan fingerprint density at radius 3 is 2.00 bits per heavy atom. The first-order valence-electron chi connectivity index (χ1n) is 7.27. The summed E-state index contributed by atoms with van der Waals surface area (Å²) in [6.45, 7) is 8.22. The molecule has 0 radical (unpaired) electrons. The fraction of sp³-hybridized carbons (Fsp3) is 0.857. The molecule has 0 saturated heterocycles. The Bertz CT molecular complexity index is 463. The molecule has 6 heteroatoms. The summed E-state index contributed by atoms with van der Waals surface area (Å²) in [5.41, 5.74) is 0.257. The number of hydrogen-bond donors (Lipinski definition) is 1. The topological polar surface area (TPSA) is 57.6 Å². The van der Waals surface area contributed by atoms with E-state index < -0.39 is 14.4 Å². The molecule has 118 valence electrons. The number of hydrogen-bond acceptors (Lipinski definition) is 5. The molecule has 0 aromatic carbocycles. The third-order valence-electron chi connectivity index (χ3n) is 4.69. The molecule has 1 aliphatic rings. The van der Waals surface area contributed by atoms with Gasteiger partial charge in [-0.3, -0.25) is 0 Å². The molecule has 0 atom stereocenters. The van der Waals surface area contributed by atoms with Crippen LogP contribution in [-0.2, 0) is 8.87 Å². The van der Waals surface area contributed by atoms with Crippen LogP contribution < -0.4 is 0 Å². The van der Waals surface area contributed by atoms with Crippen LogP contribution in [0, 0.1) is 0 Å². The van der Waals surface area contributed by atoms with E-state index in [1.54, 1.807) is 0 Å². The van der Waals surface area contributed by atoms with Gasteiger partial charge in [0, 0.05) is 12.0 Å². The first-order valence-corrected chi connectivity index (χ1v) is 10.7. The Labute approximate surface area is 126 Å². The highest BCUT2D eigenvalue weighted by atomic mass is 33.1. The first-order chi connectivity index (χ1) is 9.21. The van der Waals surface area contributed by atoms with Gasteiger partial charge in [-0.25, -0.2) is 8.42 Å². The summed E-state index contributed by atoms with van der Waals surface area (Å²) >= 11 is 0. The number of rotatable bonds is 7. The maximum absolute atomic E-state index is 11.4. The Balaban J connectivity index is 3.20. The maximum Gasteiger partial charge on any atom is 0.199 e. The van der Waals surface area contributed by atoms with Crippen molar-refractivity contribution >= 4 is 19.7 Å². The normalized spacial score (nSPS) is 22.0. The SMILES string of the molecule is CCC1(CC)C=C(CSS(C)(=O)=O)C(CC)(CC)N1O. The van der Waals surface area contributed by atoms with E-state index in [-0.39, 0.29) is 5.54 Å². The maximum atomic E-state index is 11.4. The molecule has 1 heterocycles. The van der Waals surface area contributed by atoms with Gasteiger partial charge < -0.3 is 5.21 Å². The molecule has 0 fully saturated rings. The fourth-order valence-electron chi connectivity index (χ4n) is 3.19. The van der Waals surface area contributed by atoms with Crippen LogP contribution in [0.1, 0.15) is 53.4 Å². The zero-order valence-electron chi connectivity index (χ0n) is 13.1. The fourth-order valence-corrected chi connectivity index (χ4v) is 4.90. The van der Waals surface area contributed by atoms with Gasteiger partial charge in [-0.2, -0.15) is 5.06 Å². The molecule has 0 aliphatic carbocycles. The van der Waals surface area contributed by atoms with Gasteiger partial charge in [0.05, 0.1) is 11.1 Å². The highest BCUT2D eigenvalue weighted by Gasteiger charge is 2.51. The number of hydroxylamine groups is 2. The van der Waals surface area contributed by atoms with Crippen LogP contribution in [0.15, 0.2) is 11.6 Å². The van der Waals surface area contributed by atoms with Gasteiger partial charge in [0.1, 0.15) is 0 Å². The Morgan fingerprint density at radius 1 is 1.15 bits per heavy atom. The van der Waals surface area contributed by atoms with E-state index >= 15 is 0 Å². The minimum absolute atomic E-state index is 0.362. The Hall–Kier alpha value is -0.0400. The van der Waals surface area contributed by atoms with Crippen LogP contribution in [-0.4, -0.2) is 41.8 Å². The minimum Gasteiger partial charge on any atom is -0.312 e. The van der Waals surface area contributed by atoms with E-state index in [9.17, 15) is 13.6 Å². The van der Waals surface area contributed by atoms with Crippen molar-refractivity contribution < 1.29 is 13.6 Å². The molecule has 4 nitrogen and oxygen atoms in total. The van der Waals surface area contributed by atoms with Gasteiger partial charge in [-0.15, -0.1) is 0 Å². The van der Waals surface area contributed by atoms with Gasteiger partial charge >= 0.3 is 0 Å². The van der Waals surface area contributed by atoms with Crippen molar-refractivity contribution in [3.63, 3.8) is 0 Å². The third kappa shape index (κ3) is 3.08. The summed E-state index contributed by atoms with van der Waals surface area (Å²) in [6, 6.07) is 0. The van der Waals surface area contributed by atoms with Crippen molar-refractivity contribution in [3.05, 3.63) is 11.6 Å². The lowest BCUT2D eigenvalue weighted by atomic mass is 9.87. The first kappa shape index (κ1) is 18.0. The molecule has 0 aromatic heterocycles. The largest absolute Gasteiger partial charge is 0.312 e. The highest BCUT2D eigenvalue weighted by Crippen LogP contribution is 2.47. The summed E-state index contributed by atoms with van der Waals surface area (Å²) in [7, 11) is -2.12. The van der Waals surface area contributed by atoms with Crippen LogP contribution in [0.3, 0.4) is 0 Å². The van der Waals surface area contributed by atoms with Crippen molar-refractivity contribution in [2.24, 2.45) is 0 Å². The average molecular weight is 322 g/mol. The minimum atomic E-state index is -3.07. The summed E-state index contributed by atoms with van der Waals surface area (Å²) in [5.74, 6) is 0.430. The lowest BCUT2D eigenvalue weighted by molar-refractivity contribution is -0.208. The zero-order valence-corrected chi connectivity index (χ0v) is 14.8. The van der Waals surface area contributed by atoms with E-state index in [1.807, 2.05) is 13.8 Å². The quantitative estimate of drug-likeness (QED) is 0.575. The van der Waals surface area contributed by atoms with Crippen molar-refractivity contribution in [1.29, 1.82) is 0 Å². The lowest BCUT2D eigenvalue weighted by Gasteiger charge is -2.43. The Kier molecular flexibility index (Phi) is 5.75. The van der Waals surface area contributed by atoms with Crippen molar-refractivity contribution in [3.8, 4) is 0 Å². The van der Waals surface area contributed by atoms with E-state index in [1.165, 1.54) is 11.3 Å². The van der Waals surface area contributed by atoms with Gasteiger partial charge in [0.15, 0.2) is 8.87 Å². The Morgan fingerprint density at radius 2 is 1.65 bits per heavy atom. The number of nitrogens with zero attached hydrogens (tertiary/aromatic N) is 1. The van der Waals surface area contributed by atoms with E-state index in [4.69, 9.17) is 0 Å². The molecule has 0 unspecified atom stereocenters. The monoisotopic (exact) mass is 321 g/mol. The average Bonchev–Trinajstić information content (AvgIpc) is 2.65. The van der Waals surface area contributed by atoms with Gasteiger partial charge in [-0.1, -0.05) is 33.8 Å². The third-order valence-corrected chi connectivity index (χ3v) is 7.19. The molecule has 1 rings (SSSR count). The summed E-state index contributed by atoms with van der Waals surface area (Å²) < 4.78 is 22.8. The standard InChI is InChI=1S/C14H27NO3S2/c1-6-13(7-2)10-12(11-19-20(5,17)18)14(8-3,9-4)15(13)16/h10,16H,6-9,11H2,1-5H3. The van der Waals surface area contributed by atoms with E-state index in [0.29, 0.717) is 5.75 Å². The summed E-state index contributed by atoms with van der Waals surface area (Å²) in [5, 5.41) is 12.3. The smallest absolute Gasteiger partial charge is 0.199 e. The van der Waals surface area contributed by atoms with Crippen molar-refractivity contribution in [1.82, 2.24) is 5.06 Å². The van der Waals surface area contributed by atoms with Crippen LogP contribution in [0.25, 0.3) is 0 Å². The molecule has 0 aromatic rings. The molecular weight excluding hydrogens is 294 g/mol. The molecule has 0 bridgehead atoms. The summed E-state index contributed by atoms with van der Waals surface area (Å²) in [4.78, 5) is 0. The second-order valence-electron chi connectivity index (χ2n) is 5.50. The van der Waals surface area contributed by atoms with Crippen LogP contribution in [0.5, 0.6) is 0 Å². The van der Waals surface area contributed by atoms with Gasteiger partial charge in [0.25, 0.3) is 0 Å². The second-order valence-corrected chi connectivity index (χ2v) is 9.95. The van der Waals surface area contributed by atoms with Crippen molar-refractivity contribution in [2.45, 2.75) is 64.5 Å². The van der Waals surface area contributed by atoms with Crippen molar-refractivity contribution in [2.75, 3.05) is 12.0 Å². The highest BCUT2D eigenvalue weighted by molar-refractivity contribution is 8.71. The summed E-state index contributed by atoms with van der Waals surface area (Å²) in [6.07, 6.45) is 6.52. The van der Waals surface area contributed by atoms with E-state index in [0.717, 1.165) is 42.1 Å². The molecule has 0 spiro atoms. The zero-order chi connectivity index (χ0) is 15.6.